The number of rotatable bonds is 2. The van der Waals surface area contributed by atoms with Gasteiger partial charge < -0.3 is 15.4 Å². The highest BCUT2D eigenvalue weighted by atomic mass is 79.9. The number of halogens is 1. The summed E-state index contributed by atoms with van der Waals surface area (Å²) in [5.74, 6) is 1.03. The van der Waals surface area contributed by atoms with E-state index in [1.54, 1.807) is 0 Å². The van der Waals surface area contributed by atoms with Crippen molar-refractivity contribution in [3.63, 3.8) is 0 Å². The van der Waals surface area contributed by atoms with Crippen LogP contribution in [0.3, 0.4) is 0 Å². The summed E-state index contributed by atoms with van der Waals surface area (Å²) in [6.45, 7) is 2.28. The molecule has 0 amide bonds. The van der Waals surface area contributed by atoms with Gasteiger partial charge in [0.05, 0.1) is 6.54 Å². The number of nitrogens with one attached hydrogen (secondary N) is 1. The van der Waals surface area contributed by atoms with Crippen molar-refractivity contribution >= 4 is 27.5 Å². The maximum atomic E-state index is 7.54. The average Bonchev–Trinajstić information content (AvgIpc) is 2.68. The Morgan fingerprint density at radius 1 is 1.24 bits per heavy atom. The van der Waals surface area contributed by atoms with E-state index in [-0.39, 0.29) is 5.84 Å². The molecular formula is C16H16BrN3O. The lowest BCUT2D eigenvalue weighted by Crippen LogP contribution is -2.25. The van der Waals surface area contributed by atoms with E-state index < -0.39 is 0 Å². The number of para-hydroxylation sites is 1. The van der Waals surface area contributed by atoms with Gasteiger partial charge in [0.15, 0.2) is 0 Å². The first kappa shape index (κ1) is 13.9. The second-order valence-electron chi connectivity index (χ2n) is 4.96. The number of ether oxygens (including phenoxy) is 1. The first-order chi connectivity index (χ1) is 10.1. The minimum atomic E-state index is 0.0676. The van der Waals surface area contributed by atoms with Crippen LogP contribution >= 0.6 is 15.9 Å². The Bertz CT molecular complexity index is 687. The first-order valence-corrected chi connectivity index (χ1v) is 7.54. The zero-order valence-corrected chi connectivity index (χ0v) is 13.1. The zero-order chi connectivity index (χ0) is 14.8. The standard InChI is InChI=1S/C16H16BrN3O/c17-14-9-12(5-6-13(14)16(18)19)20-7-8-21-15-4-2-1-3-11(15)10-20/h1-6,9H,7-8,10H2,(H3,18,19). The van der Waals surface area contributed by atoms with Gasteiger partial charge in [-0.05, 0) is 40.2 Å². The summed E-state index contributed by atoms with van der Waals surface area (Å²) in [5, 5.41) is 7.54. The quantitative estimate of drug-likeness (QED) is 0.649. The predicted octanol–water partition coefficient (Wildman–Crippen LogP) is 3.13. The lowest BCUT2D eigenvalue weighted by atomic mass is 10.1. The molecule has 108 valence electrons. The van der Waals surface area contributed by atoms with Crippen LogP contribution in [-0.2, 0) is 6.54 Å². The van der Waals surface area contributed by atoms with Gasteiger partial charge >= 0.3 is 0 Å². The molecule has 1 aliphatic rings. The Hall–Kier alpha value is -2.01. The Kier molecular flexibility index (Phi) is 3.84. The second kappa shape index (κ2) is 5.77. The topological polar surface area (TPSA) is 62.3 Å². The van der Waals surface area contributed by atoms with Crippen LogP contribution in [0.5, 0.6) is 5.75 Å². The van der Waals surface area contributed by atoms with Crippen LogP contribution in [0.15, 0.2) is 46.9 Å². The van der Waals surface area contributed by atoms with Crippen molar-refractivity contribution in [1.29, 1.82) is 5.41 Å². The highest BCUT2D eigenvalue weighted by molar-refractivity contribution is 9.10. The van der Waals surface area contributed by atoms with Gasteiger partial charge in [-0.3, -0.25) is 5.41 Å². The number of nitrogen functional groups attached to an aromatic ring is 1. The summed E-state index contributed by atoms with van der Waals surface area (Å²) in [6.07, 6.45) is 0. The molecule has 0 unspecified atom stereocenters. The molecule has 0 saturated heterocycles. The van der Waals surface area contributed by atoms with Gasteiger partial charge in [-0.1, -0.05) is 18.2 Å². The van der Waals surface area contributed by atoms with Crippen LogP contribution in [0, 0.1) is 5.41 Å². The largest absolute Gasteiger partial charge is 0.491 e. The number of nitrogens with zero attached hydrogens (tertiary/aromatic N) is 1. The summed E-state index contributed by atoms with van der Waals surface area (Å²) < 4.78 is 6.62. The molecule has 2 aromatic rings. The van der Waals surface area contributed by atoms with Gasteiger partial charge in [-0.2, -0.15) is 0 Å². The highest BCUT2D eigenvalue weighted by Gasteiger charge is 2.16. The fourth-order valence-electron chi connectivity index (χ4n) is 2.47. The fraction of sp³-hybridized carbons (Fsp3) is 0.188. The summed E-state index contributed by atoms with van der Waals surface area (Å²) in [6, 6.07) is 14.0. The lowest BCUT2D eigenvalue weighted by molar-refractivity contribution is 0.331. The summed E-state index contributed by atoms with van der Waals surface area (Å²) in [4.78, 5) is 2.26. The van der Waals surface area contributed by atoms with E-state index in [4.69, 9.17) is 15.9 Å². The molecule has 0 spiro atoms. The van der Waals surface area contributed by atoms with Crippen LogP contribution in [0.1, 0.15) is 11.1 Å². The predicted molar refractivity (Wildman–Crippen MR) is 88.1 cm³/mol. The molecule has 0 radical (unpaired) electrons. The van der Waals surface area contributed by atoms with Gasteiger partial charge in [-0.25, -0.2) is 0 Å². The molecule has 1 aliphatic heterocycles. The smallest absolute Gasteiger partial charge is 0.124 e. The van der Waals surface area contributed by atoms with Gasteiger partial charge in [0.2, 0.25) is 0 Å². The lowest BCUT2D eigenvalue weighted by Gasteiger charge is -2.23. The van der Waals surface area contributed by atoms with Crippen molar-refractivity contribution in [3.8, 4) is 5.75 Å². The maximum Gasteiger partial charge on any atom is 0.124 e. The SMILES string of the molecule is N=C(N)c1ccc(N2CCOc3ccccc3C2)cc1Br. The number of nitrogens with two attached hydrogens (primary N) is 1. The summed E-state index contributed by atoms with van der Waals surface area (Å²) >= 11 is 3.49. The van der Waals surface area contributed by atoms with Crippen molar-refractivity contribution in [2.45, 2.75) is 6.54 Å². The van der Waals surface area contributed by atoms with E-state index in [9.17, 15) is 0 Å². The first-order valence-electron chi connectivity index (χ1n) is 6.75. The van der Waals surface area contributed by atoms with Gasteiger partial charge in [0, 0.05) is 27.8 Å². The number of benzene rings is 2. The van der Waals surface area contributed by atoms with E-state index in [1.165, 1.54) is 5.56 Å². The molecule has 2 aromatic carbocycles. The number of amidine groups is 1. The van der Waals surface area contributed by atoms with Gasteiger partial charge in [0.1, 0.15) is 18.2 Å². The molecule has 0 bridgehead atoms. The molecule has 1 heterocycles. The van der Waals surface area contributed by atoms with Crippen molar-refractivity contribution < 1.29 is 4.74 Å². The molecule has 3 N–H and O–H groups in total. The van der Waals surface area contributed by atoms with Crippen molar-refractivity contribution in [2.75, 3.05) is 18.1 Å². The van der Waals surface area contributed by atoms with Gasteiger partial charge in [0.25, 0.3) is 0 Å². The fourth-order valence-corrected chi connectivity index (χ4v) is 3.05. The van der Waals surface area contributed by atoms with Crippen LogP contribution in [0.25, 0.3) is 0 Å². The minimum absolute atomic E-state index is 0.0676. The molecule has 5 heteroatoms. The molecule has 0 aliphatic carbocycles. The number of hydrogen-bond donors (Lipinski definition) is 2. The van der Waals surface area contributed by atoms with Crippen LogP contribution < -0.4 is 15.4 Å². The third-order valence-electron chi connectivity index (χ3n) is 3.56. The summed E-state index contributed by atoms with van der Waals surface area (Å²) in [7, 11) is 0. The molecule has 4 nitrogen and oxygen atoms in total. The van der Waals surface area contributed by atoms with Crippen LogP contribution in [-0.4, -0.2) is 19.0 Å². The van der Waals surface area contributed by atoms with Crippen molar-refractivity contribution in [1.82, 2.24) is 0 Å². The molecule has 0 aromatic heterocycles. The third kappa shape index (κ3) is 2.88. The van der Waals surface area contributed by atoms with Crippen molar-refractivity contribution in [3.05, 3.63) is 58.1 Å². The number of anilines is 1. The number of hydrogen-bond acceptors (Lipinski definition) is 3. The second-order valence-corrected chi connectivity index (χ2v) is 5.81. The van der Waals surface area contributed by atoms with Crippen molar-refractivity contribution in [2.24, 2.45) is 5.73 Å². The van der Waals surface area contributed by atoms with E-state index in [0.29, 0.717) is 12.2 Å². The normalized spacial score (nSPS) is 14.0. The number of fused-ring (bicyclic) bond motifs is 1. The Labute approximate surface area is 132 Å². The average molecular weight is 346 g/mol. The third-order valence-corrected chi connectivity index (χ3v) is 4.22. The van der Waals surface area contributed by atoms with E-state index in [2.05, 4.69) is 26.9 Å². The van der Waals surface area contributed by atoms with E-state index in [1.807, 2.05) is 36.4 Å². The Morgan fingerprint density at radius 3 is 2.81 bits per heavy atom. The molecule has 0 saturated carbocycles. The maximum absolute atomic E-state index is 7.54. The molecule has 0 fully saturated rings. The molecule has 0 atom stereocenters. The van der Waals surface area contributed by atoms with E-state index in [0.717, 1.165) is 29.0 Å². The minimum Gasteiger partial charge on any atom is -0.491 e. The Morgan fingerprint density at radius 2 is 2.05 bits per heavy atom. The van der Waals surface area contributed by atoms with E-state index >= 15 is 0 Å². The van der Waals surface area contributed by atoms with Crippen LogP contribution in [0.4, 0.5) is 5.69 Å². The highest BCUT2D eigenvalue weighted by Crippen LogP contribution is 2.29. The molecule has 3 rings (SSSR count). The molecular weight excluding hydrogens is 330 g/mol. The molecule has 21 heavy (non-hydrogen) atoms. The monoisotopic (exact) mass is 345 g/mol. The van der Waals surface area contributed by atoms with Crippen LogP contribution in [0.2, 0.25) is 0 Å². The summed E-state index contributed by atoms with van der Waals surface area (Å²) in [5.41, 5.74) is 8.54. The Balaban J connectivity index is 1.91. The van der Waals surface area contributed by atoms with Gasteiger partial charge in [-0.15, -0.1) is 0 Å². The zero-order valence-electron chi connectivity index (χ0n) is 11.5.